The van der Waals surface area contributed by atoms with Gasteiger partial charge in [-0.3, -0.25) is 4.79 Å². The van der Waals surface area contributed by atoms with E-state index in [1.54, 1.807) is 6.82 Å². The Morgan fingerprint density at radius 1 is 1.03 bits per heavy atom. The van der Waals surface area contributed by atoms with Gasteiger partial charge >= 0.3 is 14.5 Å². The molecule has 1 amide bonds. The minimum atomic E-state index is -0.796. The van der Waals surface area contributed by atoms with Crippen molar-refractivity contribution in [2.24, 2.45) is 10.6 Å². The van der Waals surface area contributed by atoms with Gasteiger partial charge in [0.1, 0.15) is 6.19 Å². The summed E-state index contributed by atoms with van der Waals surface area (Å²) in [5.41, 5.74) is 5.95. The molecule has 171 valence electrons. The topological polar surface area (TPSA) is 129 Å². The van der Waals surface area contributed by atoms with E-state index in [1.807, 2.05) is 0 Å². The van der Waals surface area contributed by atoms with E-state index in [1.165, 1.54) is 51.4 Å². The summed E-state index contributed by atoms with van der Waals surface area (Å²) in [6, 6.07) is -0.540. The van der Waals surface area contributed by atoms with Crippen LogP contribution >= 0.6 is 0 Å². The van der Waals surface area contributed by atoms with Gasteiger partial charge in [-0.1, -0.05) is 64.7 Å². The number of guanidine groups is 1. The van der Waals surface area contributed by atoms with Crippen molar-refractivity contribution >= 4 is 32.5 Å². The van der Waals surface area contributed by atoms with Crippen molar-refractivity contribution in [1.82, 2.24) is 15.9 Å². The largest absolute Gasteiger partial charge is 0.433 e. The van der Waals surface area contributed by atoms with Crippen LogP contribution in [0.15, 0.2) is 4.90 Å². The standard InChI is InChI=1S/C20H42B2N5O3/c1-3-4-5-6-7-8-9-10-11-12-15-24-19(29)18(23)14-13-16-25-20(26-21-17-28)27-22(2)30/h17-18,30H,3-16,23H2,1-2H3,(H,24,29)(H2,25,26,27)/t18-/m0/s1. The van der Waals surface area contributed by atoms with Gasteiger partial charge in [0.25, 0.3) is 0 Å². The molecule has 0 aliphatic rings. The molecule has 0 aromatic carbocycles. The van der Waals surface area contributed by atoms with Crippen LogP contribution in [0.25, 0.3) is 0 Å². The number of amides is 1. The van der Waals surface area contributed by atoms with E-state index >= 15 is 0 Å². The maximum absolute atomic E-state index is 12.0. The zero-order valence-corrected chi connectivity index (χ0v) is 19.0. The fraction of sp³-hybridized carbons (Fsp3) is 0.850. The van der Waals surface area contributed by atoms with Crippen molar-refractivity contribution in [3.8, 4) is 0 Å². The summed E-state index contributed by atoms with van der Waals surface area (Å²) in [6.07, 6.45) is 14.5. The molecule has 1 radical (unpaired) electrons. The van der Waals surface area contributed by atoms with E-state index in [2.05, 4.69) is 27.7 Å². The lowest BCUT2D eigenvalue weighted by molar-refractivity contribution is -0.122. The SMILES string of the molecule is CCCCCCCCCCCCNC(=O)[C@@H](N)CCCNC(=N[B]C=O)NB(C)O. The van der Waals surface area contributed by atoms with Crippen LogP contribution in [-0.2, 0) is 9.59 Å². The third kappa shape index (κ3) is 18.5. The molecule has 0 saturated heterocycles. The Bertz CT molecular complexity index is 468. The van der Waals surface area contributed by atoms with Crippen LogP contribution in [0.5, 0.6) is 0 Å². The molecular weight excluding hydrogens is 380 g/mol. The second-order valence-electron chi connectivity index (χ2n) is 7.73. The van der Waals surface area contributed by atoms with Crippen LogP contribution in [0.2, 0.25) is 6.82 Å². The Kier molecular flexibility index (Phi) is 19.7. The summed E-state index contributed by atoms with van der Waals surface area (Å²) in [5.74, 6) is 0.187. The summed E-state index contributed by atoms with van der Waals surface area (Å²) in [5, 5.41) is 17.9. The third-order valence-electron chi connectivity index (χ3n) is 4.76. The molecule has 0 rings (SSSR count). The minimum Gasteiger partial charge on any atom is -0.433 e. The number of nitrogens with zero attached hydrogens (tertiary/aromatic N) is 1. The van der Waals surface area contributed by atoms with E-state index in [0.717, 1.165) is 20.3 Å². The van der Waals surface area contributed by atoms with Crippen LogP contribution < -0.4 is 21.6 Å². The van der Waals surface area contributed by atoms with Crippen molar-refractivity contribution in [2.45, 2.75) is 96.8 Å². The number of nitrogens with one attached hydrogen (secondary N) is 3. The van der Waals surface area contributed by atoms with Crippen molar-refractivity contribution in [3.05, 3.63) is 0 Å². The molecule has 0 aromatic rings. The van der Waals surface area contributed by atoms with E-state index in [4.69, 9.17) is 5.73 Å². The van der Waals surface area contributed by atoms with Crippen LogP contribution in [-0.4, -0.2) is 56.7 Å². The normalized spacial score (nSPS) is 12.2. The van der Waals surface area contributed by atoms with Gasteiger partial charge < -0.3 is 36.3 Å². The Morgan fingerprint density at radius 2 is 1.60 bits per heavy atom. The van der Waals surface area contributed by atoms with Crippen LogP contribution in [0.3, 0.4) is 0 Å². The fourth-order valence-corrected chi connectivity index (χ4v) is 3.05. The predicted molar refractivity (Wildman–Crippen MR) is 127 cm³/mol. The molecule has 8 nitrogen and oxygen atoms in total. The zero-order valence-electron chi connectivity index (χ0n) is 19.0. The van der Waals surface area contributed by atoms with Gasteiger partial charge in [-0.05, 0) is 26.1 Å². The highest BCUT2D eigenvalue weighted by Crippen LogP contribution is 2.10. The lowest BCUT2D eigenvalue weighted by Gasteiger charge is -2.15. The molecule has 0 aliphatic heterocycles. The summed E-state index contributed by atoms with van der Waals surface area (Å²) in [6.45, 7) is 4.99. The maximum atomic E-state index is 12.0. The number of carbonyl (C=O) groups excluding carboxylic acids is 2. The van der Waals surface area contributed by atoms with Gasteiger partial charge in [0.05, 0.1) is 6.04 Å². The summed E-state index contributed by atoms with van der Waals surface area (Å²) < 4.78 is 0. The van der Waals surface area contributed by atoms with Gasteiger partial charge in [0, 0.05) is 13.1 Å². The smallest absolute Gasteiger partial charge is 0.409 e. The Balaban J connectivity index is 3.68. The first-order chi connectivity index (χ1) is 14.5. The quantitative estimate of drug-likeness (QED) is 0.0707. The van der Waals surface area contributed by atoms with E-state index < -0.39 is 13.1 Å². The Morgan fingerprint density at radius 3 is 2.17 bits per heavy atom. The molecule has 0 spiro atoms. The van der Waals surface area contributed by atoms with Crippen molar-refractivity contribution in [2.75, 3.05) is 13.1 Å². The molecule has 0 saturated carbocycles. The summed E-state index contributed by atoms with van der Waals surface area (Å²) in [7, 11) is 0.292. The first kappa shape index (κ1) is 28.5. The molecule has 0 bridgehead atoms. The first-order valence-corrected chi connectivity index (χ1v) is 11.6. The minimum absolute atomic E-state index is 0.115. The lowest BCUT2D eigenvalue weighted by Crippen LogP contribution is -2.46. The molecule has 0 unspecified atom stereocenters. The average molecular weight is 422 g/mol. The van der Waals surface area contributed by atoms with Crippen LogP contribution in [0.1, 0.15) is 84.0 Å². The van der Waals surface area contributed by atoms with E-state index in [-0.39, 0.29) is 5.91 Å². The Labute approximate surface area is 184 Å². The number of rotatable bonds is 19. The highest BCUT2D eigenvalue weighted by molar-refractivity contribution is 6.66. The molecule has 10 heteroatoms. The van der Waals surface area contributed by atoms with Gasteiger partial charge in [-0.25, -0.2) is 0 Å². The fourth-order valence-electron chi connectivity index (χ4n) is 3.05. The average Bonchev–Trinajstić information content (AvgIpc) is 2.72. The van der Waals surface area contributed by atoms with Crippen molar-refractivity contribution in [3.63, 3.8) is 0 Å². The predicted octanol–water partition coefficient (Wildman–Crippen LogP) is 1.59. The molecule has 0 fully saturated rings. The monoisotopic (exact) mass is 422 g/mol. The second-order valence-corrected chi connectivity index (χ2v) is 7.73. The van der Waals surface area contributed by atoms with Crippen LogP contribution in [0.4, 0.5) is 0 Å². The molecular formula is C20H42B2N5O3. The number of nitrogens with two attached hydrogens (primary N) is 1. The third-order valence-corrected chi connectivity index (χ3v) is 4.76. The van der Waals surface area contributed by atoms with Crippen molar-refractivity contribution < 1.29 is 14.6 Å². The summed E-state index contributed by atoms with van der Waals surface area (Å²) in [4.78, 5) is 26.3. The molecule has 0 aromatic heterocycles. The second kappa shape index (κ2) is 20.7. The van der Waals surface area contributed by atoms with Crippen LogP contribution in [0, 0.1) is 0 Å². The number of unbranched alkanes of at least 4 members (excludes halogenated alkanes) is 9. The Hall–Kier alpha value is -1.54. The van der Waals surface area contributed by atoms with Crippen molar-refractivity contribution in [1.29, 1.82) is 0 Å². The maximum Gasteiger partial charge on any atom is 0.409 e. The van der Waals surface area contributed by atoms with Gasteiger partial charge in [-0.15, -0.1) is 0 Å². The van der Waals surface area contributed by atoms with Gasteiger partial charge in [-0.2, -0.15) is 0 Å². The highest BCUT2D eigenvalue weighted by atomic mass is 16.2. The molecule has 1 atom stereocenters. The van der Waals surface area contributed by atoms with E-state index in [0.29, 0.717) is 38.1 Å². The summed E-state index contributed by atoms with van der Waals surface area (Å²) >= 11 is 0. The molecule has 30 heavy (non-hydrogen) atoms. The lowest BCUT2D eigenvalue weighted by atomic mass is 9.89. The zero-order chi connectivity index (χ0) is 22.5. The molecule has 0 aliphatic carbocycles. The molecule has 6 N–H and O–H groups in total. The highest BCUT2D eigenvalue weighted by Gasteiger charge is 2.12. The van der Waals surface area contributed by atoms with Gasteiger partial charge in [0.2, 0.25) is 5.91 Å². The van der Waals surface area contributed by atoms with E-state index in [9.17, 15) is 14.6 Å². The number of carbonyl (C=O) groups is 2. The first-order valence-electron chi connectivity index (χ1n) is 11.6. The number of hydrogen-bond donors (Lipinski definition) is 5. The number of hydrogen-bond acceptors (Lipinski definition) is 5. The van der Waals surface area contributed by atoms with Gasteiger partial charge in [0.15, 0.2) is 5.96 Å². The molecule has 0 heterocycles.